The summed E-state index contributed by atoms with van der Waals surface area (Å²) in [5, 5.41) is 2.47. The van der Waals surface area contributed by atoms with Gasteiger partial charge in [0, 0.05) is 0 Å². The van der Waals surface area contributed by atoms with Crippen LogP contribution in [-0.4, -0.2) is 36.2 Å². The predicted molar refractivity (Wildman–Crippen MR) is 54.7 cm³/mol. The van der Waals surface area contributed by atoms with Gasteiger partial charge in [0.05, 0.1) is 11.2 Å². The Bertz CT molecular complexity index is 179. The van der Waals surface area contributed by atoms with Gasteiger partial charge in [-0.05, 0) is 58.0 Å². The molecule has 1 unspecified atom stereocenters. The van der Waals surface area contributed by atoms with E-state index in [2.05, 4.69) is 41.2 Å². The molecule has 12 heavy (non-hydrogen) atoms. The van der Waals surface area contributed by atoms with Crippen LogP contribution >= 0.6 is 12.2 Å². The van der Waals surface area contributed by atoms with Crippen molar-refractivity contribution in [2.75, 3.05) is 20.1 Å². The van der Waals surface area contributed by atoms with Gasteiger partial charge in [0.2, 0.25) is 0 Å². The highest BCUT2D eigenvalue weighted by Gasteiger charge is 2.21. The van der Waals surface area contributed by atoms with E-state index in [1.165, 1.54) is 25.9 Å². The quantitative estimate of drug-likeness (QED) is 0.480. The molecule has 1 saturated heterocycles. The van der Waals surface area contributed by atoms with E-state index in [-0.39, 0.29) is 0 Å². The minimum atomic E-state index is 0.371. The van der Waals surface area contributed by atoms with Crippen molar-refractivity contribution >= 4 is 17.4 Å². The number of isothiocyanates is 1. The van der Waals surface area contributed by atoms with Crippen molar-refractivity contribution in [2.24, 2.45) is 10.9 Å². The molecule has 1 fully saturated rings. The van der Waals surface area contributed by atoms with Gasteiger partial charge in [-0.25, -0.2) is 4.99 Å². The van der Waals surface area contributed by atoms with Crippen molar-refractivity contribution in [1.82, 2.24) is 4.90 Å². The largest absolute Gasteiger partial charge is 0.306 e. The Morgan fingerprint density at radius 3 is 2.58 bits per heavy atom. The number of piperidine rings is 1. The molecule has 0 amide bonds. The lowest BCUT2D eigenvalue weighted by Crippen LogP contribution is -2.33. The van der Waals surface area contributed by atoms with E-state index < -0.39 is 0 Å². The molecule has 1 atom stereocenters. The van der Waals surface area contributed by atoms with E-state index in [1.54, 1.807) is 0 Å². The van der Waals surface area contributed by atoms with E-state index in [4.69, 9.17) is 0 Å². The third-order valence-corrected chi connectivity index (χ3v) is 2.81. The third-order valence-electron chi connectivity index (χ3n) is 2.70. The van der Waals surface area contributed by atoms with Crippen molar-refractivity contribution in [3.63, 3.8) is 0 Å². The molecule has 1 aliphatic heterocycles. The van der Waals surface area contributed by atoms with Crippen LogP contribution in [0.1, 0.15) is 19.8 Å². The predicted octanol–water partition coefficient (Wildman–Crippen LogP) is 1.82. The van der Waals surface area contributed by atoms with Crippen molar-refractivity contribution in [2.45, 2.75) is 25.8 Å². The highest BCUT2D eigenvalue weighted by atomic mass is 32.1. The third kappa shape index (κ3) is 2.67. The summed E-state index contributed by atoms with van der Waals surface area (Å²) in [5.74, 6) is 0.719. The summed E-state index contributed by atoms with van der Waals surface area (Å²) in [7, 11) is 2.17. The molecule has 1 aliphatic rings. The lowest BCUT2D eigenvalue weighted by Gasteiger charge is -2.30. The fourth-order valence-electron chi connectivity index (χ4n) is 1.70. The van der Waals surface area contributed by atoms with Crippen LogP contribution in [0.25, 0.3) is 0 Å². The van der Waals surface area contributed by atoms with Crippen molar-refractivity contribution in [3.05, 3.63) is 0 Å². The molecule has 0 N–H and O–H groups in total. The second-order valence-corrected chi connectivity index (χ2v) is 3.78. The molecule has 0 saturated carbocycles. The second kappa shape index (κ2) is 4.70. The standard InChI is InChI=1S/C9H16N2S/c1-8(10-7-12)9-3-5-11(2)6-4-9/h8-9H,3-6H2,1-2H3. The summed E-state index contributed by atoms with van der Waals surface area (Å²) < 4.78 is 0. The van der Waals surface area contributed by atoms with Gasteiger partial charge in [-0.2, -0.15) is 0 Å². The molecule has 0 spiro atoms. The van der Waals surface area contributed by atoms with Gasteiger partial charge < -0.3 is 4.90 Å². The molecule has 68 valence electrons. The maximum atomic E-state index is 4.59. The number of thiocarbonyl (C=S) groups is 1. The summed E-state index contributed by atoms with van der Waals surface area (Å²) >= 11 is 4.59. The van der Waals surface area contributed by atoms with E-state index in [0.717, 1.165) is 5.92 Å². The van der Waals surface area contributed by atoms with Gasteiger partial charge in [-0.1, -0.05) is 0 Å². The lowest BCUT2D eigenvalue weighted by molar-refractivity contribution is 0.204. The Hall–Kier alpha value is -0.240. The zero-order chi connectivity index (χ0) is 8.97. The Labute approximate surface area is 79.7 Å². The molecule has 0 bridgehead atoms. The van der Waals surface area contributed by atoms with Crippen LogP contribution in [0.15, 0.2) is 4.99 Å². The Kier molecular flexibility index (Phi) is 3.86. The molecule has 0 aromatic rings. The fourth-order valence-corrected chi connectivity index (χ4v) is 1.87. The number of rotatable bonds is 2. The smallest absolute Gasteiger partial charge is 0.0603 e. The number of nitrogens with zero attached hydrogens (tertiary/aromatic N) is 2. The van der Waals surface area contributed by atoms with Crippen LogP contribution < -0.4 is 0 Å². The summed E-state index contributed by atoms with van der Waals surface area (Å²) in [6.45, 7) is 4.53. The maximum Gasteiger partial charge on any atom is 0.0603 e. The molecular formula is C9H16N2S. The van der Waals surface area contributed by atoms with Gasteiger partial charge in [0.1, 0.15) is 0 Å². The van der Waals surface area contributed by atoms with Gasteiger partial charge >= 0.3 is 0 Å². The van der Waals surface area contributed by atoms with Crippen LogP contribution in [0.3, 0.4) is 0 Å². The highest BCUT2D eigenvalue weighted by Crippen LogP contribution is 2.21. The summed E-state index contributed by atoms with van der Waals surface area (Å²) in [6, 6.07) is 0.371. The van der Waals surface area contributed by atoms with E-state index in [9.17, 15) is 0 Å². The average molecular weight is 184 g/mol. The summed E-state index contributed by atoms with van der Waals surface area (Å²) in [4.78, 5) is 6.48. The minimum absolute atomic E-state index is 0.371. The molecule has 2 nitrogen and oxygen atoms in total. The number of aliphatic imine (C=N–C) groups is 1. The normalized spacial score (nSPS) is 23.2. The molecule has 0 aromatic carbocycles. The molecule has 1 rings (SSSR count). The van der Waals surface area contributed by atoms with Crippen LogP contribution in [-0.2, 0) is 0 Å². The van der Waals surface area contributed by atoms with Crippen LogP contribution in [0, 0.1) is 5.92 Å². The minimum Gasteiger partial charge on any atom is -0.306 e. The van der Waals surface area contributed by atoms with Gasteiger partial charge in [-0.3, -0.25) is 0 Å². The Morgan fingerprint density at radius 1 is 1.50 bits per heavy atom. The number of hydrogen-bond acceptors (Lipinski definition) is 3. The van der Waals surface area contributed by atoms with E-state index in [1.807, 2.05) is 0 Å². The van der Waals surface area contributed by atoms with Crippen LogP contribution in [0.4, 0.5) is 0 Å². The molecule has 0 aromatic heterocycles. The van der Waals surface area contributed by atoms with Crippen molar-refractivity contribution in [3.8, 4) is 0 Å². The first-order valence-corrected chi connectivity index (χ1v) is 4.90. The topological polar surface area (TPSA) is 15.6 Å². The van der Waals surface area contributed by atoms with Crippen molar-refractivity contribution < 1.29 is 0 Å². The number of likely N-dealkylation sites (tertiary alicyclic amines) is 1. The van der Waals surface area contributed by atoms with Crippen LogP contribution in [0.5, 0.6) is 0 Å². The van der Waals surface area contributed by atoms with E-state index in [0.29, 0.717) is 6.04 Å². The summed E-state index contributed by atoms with van der Waals surface area (Å²) in [6.07, 6.45) is 2.50. The molecular weight excluding hydrogens is 168 g/mol. The Balaban J connectivity index is 2.38. The van der Waals surface area contributed by atoms with Crippen LogP contribution in [0.2, 0.25) is 0 Å². The van der Waals surface area contributed by atoms with Crippen molar-refractivity contribution in [1.29, 1.82) is 0 Å². The maximum absolute atomic E-state index is 4.59. The average Bonchev–Trinajstić information content (AvgIpc) is 2.06. The Morgan fingerprint density at radius 2 is 2.08 bits per heavy atom. The zero-order valence-corrected chi connectivity index (χ0v) is 8.60. The van der Waals surface area contributed by atoms with Gasteiger partial charge in [0.15, 0.2) is 0 Å². The first kappa shape index (κ1) is 9.85. The molecule has 0 aliphatic carbocycles. The molecule has 0 radical (unpaired) electrons. The first-order chi connectivity index (χ1) is 5.74. The second-order valence-electron chi connectivity index (χ2n) is 3.60. The number of hydrogen-bond donors (Lipinski definition) is 0. The molecule has 1 heterocycles. The highest BCUT2D eigenvalue weighted by molar-refractivity contribution is 7.78. The van der Waals surface area contributed by atoms with E-state index >= 15 is 0 Å². The van der Waals surface area contributed by atoms with Gasteiger partial charge in [-0.15, -0.1) is 0 Å². The van der Waals surface area contributed by atoms with Gasteiger partial charge in [0.25, 0.3) is 0 Å². The SMILES string of the molecule is CC(N=C=S)C1CCN(C)CC1. The lowest BCUT2D eigenvalue weighted by atomic mass is 9.91. The first-order valence-electron chi connectivity index (χ1n) is 4.49. The fraction of sp³-hybridized carbons (Fsp3) is 0.889. The monoisotopic (exact) mass is 184 g/mol. The zero-order valence-electron chi connectivity index (χ0n) is 7.79. The summed E-state index contributed by atoms with van der Waals surface area (Å²) in [5.41, 5.74) is 0. The molecule has 3 heteroatoms.